The molecule has 2 aromatic carbocycles. The number of thiazole rings is 1. The molecule has 3 aromatic rings. The number of fused-ring (bicyclic) bond motifs is 1. The fourth-order valence-corrected chi connectivity index (χ4v) is 4.79. The Bertz CT molecular complexity index is 1170. The van der Waals surface area contributed by atoms with Gasteiger partial charge in [0.2, 0.25) is 0 Å². The molecule has 0 fully saturated rings. The highest BCUT2D eigenvalue weighted by Crippen LogP contribution is 2.33. The van der Waals surface area contributed by atoms with Crippen LogP contribution in [-0.2, 0) is 9.84 Å². The van der Waals surface area contributed by atoms with Crippen molar-refractivity contribution in [1.82, 2.24) is 9.88 Å². The Hall–Kier alpha value is -2.29. The van der Waals surface area contributed by atoms with E-state index in [2.05, 4.69) is 6.07 Å². The first-order chi connectivity index (χ1) is 13.6. The van der Waals surface area contributed by atoms with E-state index in [1.807, 2.05) is 38.9 Å². The first-order valence-corrected chi connectivity index (χ1v) is 11.9. The second-order valence-corrected chi connectivity index (χ2v) is 10.5. The van der Waals surface area contributed by atoms with Crippen LogP contribution in [-0.4, -0.2) is 57.6 Å². The van der Waals surface area contributed by atoms with Gasteiger partial charge in [0.15, 0.2) is 15.0 Å². The van der Waals surface area contributed by atoms with Gasteiger partial charge >= 0.3 is 0 Å². The number of nitrogens with zero attached hydrogens (tertiary/aromatic N) is 3. The number of anilines is 1. The van der Waals surface area contributed by atoms with Crippen LogP contribution in [0.1, 0.15) is 21.5 Å². The Morgan fingerprint density at radius 2 is 1.83 bits per heavy atom. The summed E-state index contributed by atoms with van der Waals surface area (Å²) in [6, 6.07) is 10.3. The lowest BCUT2D eigenvalue weighted by atomic mass is 10.1. The number of carbonyl (C=O) groups excluding carboxylic acids is 1. The Morgan fingerprint density at radius 3 is 2.48 bits per heavy atom. The van der Waals surface area contributed by atoms with E-state index >= 15 is 0 Å². The number of hydrogen-bond acceptors (Lipinski definition) is 6. The molecule has 0 N–H and O–H groups in total. The minimum Gasteiger partial charge on any atom is -0.308 e. The summed E-state index contributed by atoms with van der Waals surface area (Å²) in [5.74, 6) is -0.259. The van der Waals surface area contributed by atoms with Crippen molar-refractivity contribution in [1.29, 1.82) is 0 Å². The van der Waals surface area contributed by atoms with Crippen molar-refractivity contribution in [3.8, 4) is 0 Å². The van der Waals surface area contributed by atoms with Gasteiger partial charge < -0.3 is 4.90 Å². The first kappa shape index (κ1) is 21.4. The maximum atomic E-state index is 13.3. The fraction of sp³-hybridized carbons (Fsp3) is 0.333. The summed E-state index contributed by atoms with van der Waals surface area (Å²) in [7, 11) is 0.489. The fourth-order valence-electron chi connectivity index (χ4n) is 3.08. The third-order valence-corrected chi connectivity index (χ3v) is 6.90. The standard InChI is InChI=1S/C21H25N3O3S2/c1-14-11-15(2)19-18(12-14)22-21(28-19)24(10-9-23(3)4)20(25)16-7-6-8-17(13-16)29(5,26)27/h6-8,11-13H,9-10H2,1-5H3. The van der Waals surface area contributed by atoms with Crippen LogP contribution < -0.4 is 4.90 Å². The summed E-state index contributed by atoms with van der Waals surface area (Å²) in [6.45, 7) is 5.17. The summed E-state index contributed by atoms with van der Waals surface area (Å²) < 4.78 is 24.9. The van der Waals surface area contributed by atoms with E-state index in [4.69, 9.17) is 4.98 Å². The molecule has 6 nitrogen and oxygen atoms in total. The molecular weight excluding hydrogens is 406 g/mol. The van der Waals surface area contributed by atoms with Crippen LogP contribution in [0.2, 0.25) is 0 Å². The Balaban J connectivity index is 2.06. The maximum Gasteiger partial charge on any atom is 0.260 e. The van der Waals surface area contributed by atoms with Crippen LogP contribution in [0.15, 0.2) is 41.3 Å². The third kappa shape index (κ3) is 4.83. The highest BCUT2D eigenvalue weighted by molar-refractivity contribution is 7.90. The summed E-state index contributed by atoms with van der Waals surface area (Å²) in [5, 5.41) is 0.616. The van der Waals surface area contributed by atoms with Gasteiger partial charge in [-0.15, -0.1) is 0 Å². The van der Waals surface area contributed by atoms with Crippen LogP contribution in [0.3, 0.4) is 0 Å². The van der Waals surface area contributed by atoms with Gasteiger partial charge in [0.25, 0.3) is 5.91 Å². The number of carbonyl (C=O) groups is 1. The van der Waals surface area contributed by atoms with Crippen molar-refractivity contribution in [3.63, 3.8) is 0 Å². The molecule has 0 saturated carbocycles. The molecule has 1 aromatic heterocycles. The third-order valence-electron chi connectivity index (χ3n) is 4.56. The SMILES string of the molecule is Cc1cc(C)c2sc(N(CCN(C)C)C(=O)c3cccc(S(C)(=O)=O)c3)nc2c1. The predicted molar refractivity (Wildman–Crippen MR) is 119 cm³/mol. The molecule has 0 unspecified atom stereocenters. The van der Waals surface area contributed by atoms with Gasteiger partial charge in [-0.3, -0.25) is 9.69 Å². The Kier molecular flexibility index (Phi) is 6.07. The number of hydrogen-bond donors (Lipinski definition) is 0. The van der Waals surface area contributed by atoms with Crippen molar-refractivity contribution in [3.05, 3.63) is 53.1 Å². The average Bonchev–Trinajstić information content (AvgIpc) is 3.05. The highest BCUT2D eigenvalue weighted by Gasteiger charge is 2.23. The summed E-state index contributed by atoms with van der Waals surface area (Å²) in [6.07, 6.45) is 1.14. The maximum absolute atomic E-state index is 13.3. The van der Waals surface area contributed by atoms with Crippen molar-refractivity contribution < 1.29 is 13.2 Å². The number of sulfone groups is 1. The number of benzene rings is 2. The van der Waals surface area contributed by atoms with E-state index in [-0.39, 0.29) is 10.8 Å². The normalized spacial score (nSPS) is 11.9. The molecule has 0 aliphatic heterocycles. The molecule has 0 atom stereocenters. The quantitative estimate of drug-likeness (QED) is 0.597. The van der Waals surface area contributed by atoms with Crippen LogP contribution in [0.5, 0.6) is 0 Å². The Morgan fingerprint density at radius 1 is 1.10 bits per heavy atom. The monoisotopic (exact) mass is 431 g/mol. The number of rotatable bonds is 6. The van der Waals surface area contributed by atoms with Crippen LogP contribution in [0, 0.1) is 13.8 Å². The molecule has 8 heteroatoms. The van der Waals surface area contributed by atoms with Crippen LogP contribution >= 0.6 is 11.3 Å². The van der Waals surface area contributed by atoms with E-state index in [1.165, 1.54) is 23.5 Å². The molecule has 1 heterocycles. The number of aromatic nitrogens is 1. The molecule has 0 radical (unpaired) electrons. The molecule has 0 bridgehead atoms. The molecule has 0 spiro atoms. The van der Waals surface area contributed by atoms with Crippen molar-refractivity contribution >= 4 is 42.4 Å². The number of likely N-dealkylation sites (N-methyl/N-ethyl adjacent to an activating group) is 1. The minimum atomic E-state index is -3.40. The zero-order valence-electron chi connectivity index (χ0n) is 17.3. The topological polar surface area (TPSA) is 70.6 Å². The molecule has 154 valence electrons. The average molecular weight is 432 g/mol. The number of amides is 1. The van der Waals surface area contributed by atoms with Gasteiger partial charge in [0, 0.05) is 24.9 Å². The lowest BCUT2D eigenvalue weighted by molar-refractivity contribution is 0.0985. The molecule has 3 rings (SSSR count). The van der Waals surface area contributed by atoms with Gasteiger partial charge in [0.1, 0.15) is 0 Å². The largest absolute Gasteiger partial charge is 0.308 e. The predicted octanol–water partition coefficient (Wildman–Crippen LogP) is 3.53. The molecular formula is C21H25N3O3S2. The van der Waals surface area contributed by atoms with Gasteiger partial charge in [-0.1, -0.05) is 23.5 Å². The van der Waals surface area contributed by atoms with Crippen molar-refractivity contribution in [2.45, 2.75) is 18.7 Å². The summed E-state index contributed by atoms with van der Waals surface area (Å²) >= 11 is 1.48. The highest BCUT2D eigenvalue weighted by atomic mass is 32.2. The lowest BCUT2D eigenvalue weighted by Crippen LogP contribution is -2.36. The smallest absolute Gasteiger partial charge is 0.260 e. The van der Waals surface area contributed by atoms with Crippen LogP contribution in [0.25, 0.3) is 10.2 Å². The van der Waals surface area contributed by atoms with E-state index in [0.717, 1.165) is 27.6 Å². The molecule has 1 amide bonds. The number of aryl methyl sites for hydroxylation is 2. The van der Waals surface area contributed by atoms with Crippen molar-refractivity contribution in [2.75, 3.05) is 38.3 Å². The van der Waals surface area contributed by atoms with Crippen molar-refractivity contribution in [2.24, 2.45) is 0 Å². The lowest BCUT2D eigenvalue weighted by Gasteiger charge is -2.22. The van der Waals surface area contributed by atoms with E-state index in [1.54, 1.807) is 17.0 Å². The van der Waals surface area contributed by atoms with E-state index < -0.39 is 9.84 Å². The zero-order chi connectivity index (χ0) is 21.3. The van der Waals surface area contributed by atoms with E-state index in [9.17, 15) is 13.2 Å². The second-order valence-electron chi connectivity index (χ2n) is 7.49. The van der Waals surface area contributed by atoms with Gasteiger partial charge in [-0.2, -0.15) is 0 Å². The Labute approximate surface area is 175 Å². The summed E-state index contributed by atoms with van der Waals surface area (Å²) in [5.41, 5.74) is 3.45. The molecule has 0 aliphatic carbocycles. The van der Waals surface area contributed by atoms with Gasteiger partial charge in [0.05, 0.1) is 15.1 Å². The summed E-state index contributed by atoms with van der Waals surface area (Å²) in [4.78, 5) is 21.8. The second kappa shape index (κ2) is 8.22. The van der Waals surface area contributed by atoms with Gasteiger partial charge in [-0.25, -0.2) is 13.4 Å². The molecule has 0 saturated heterocycles. The van der Waals surface area contributed by atoms with Crippen LogP contribution in [0.4, 0.5) is 5.13 Å². The zero-order valence-corrected chi connectivity index (χ0v) is 18.9. The molecule has 0 aliphatic rings. The first-order valence-electron chi connectivity index (χ1n) is 9.21. The van der Waals surface area contributed by atoms with Gasteiger partial charge in [-0.05, 0) is 63.3 Å². The minimum absolute atomic E-state index is 0.131. The van der Waals surface area contributed by atoms with E-state index in [0.29, 0.717) is 23.8 Å². The molecule has 29 heavy (non-hydrogen) atoms.